The highest BCUT2D eigenvalue weighted by atomic mass is 31.2. The van der Waals surface area contributed by atoms with Crippen molar-refractivity contribution in [1.29, 1.82) is 0 Å². The zero-order valence-electron chi connectivity index (χ0n) is 18.5. The largest absolute Gasteiger partial charge is 0.356 e. The van der Waals surface area contributed by atoms with E-state index in [1.54, 1.807) is 27.7 Å². The third-order valence-electron chi connectivity index (χ3n) is 6.63. The molecule has 0 aliphatic carbocycles. The van der Waals surface area contributed by atoms with Crippen LogP contribution >= 0.6 is 15.2 Å². The number of benzene rings is 3. The monoisotopic (exact) mass is 450 g/mol. The summed E-state index contributed by atoms with van der Waals surface area (Å²) in [5, 5.41) is 3.49. The molecule has 0 aromatic heterocycles. The number of hydrogen-bond donors (Lipinski definition) is 4. The third kappa shape index (κ3) is 3.10. The second-order valence-corrected chi connectivity index (χ2v) is 11.4. The van der Waals surface area contributed by atoms with Crippen molar-refractivity contribution in [1.82, 2.24) is 0 Å². The molecule has 6 nitrogen and oxygen atoms in total. The first-order valence-electron chi connectivity index (χ1n) is 9.61. The van der Waals surface area contributed by atoms with E-state index in [4.69, 9.17) is 0 Å². The zero-order chi connectivity index (χ0) is 23.1. The maximum Gasteiger partial charge on any atom is 0.356 e. The van der Waals surface area contributed by atoms with Gasteiger partial charge in [-0.25, -0.2) is 0 Å². The highest BCUT2D eigenvalue weighted by Gasteiger charge is 2.31. The summed E-state index contributed by atoms with van der Waals surface area (Å²) in [5.41, 5.74) is 5.47. The van der Waals surface area contributed by atoms with E-state index in [-0.39, 0.29) is 10.6 Å². The lowest BCUT2D eigenvalue weighted by Gasteiger charge is -2.25. The number of rotatable bonds is 2. The smallest absolute Gasteiger partial charge is 0.321 e. The van der Waals surface area contributed by atoms with Crippen LogP contribution < -0.4 is 10.6 Å². The quantitative estimate of drug-likeness (QED) is 0.346. The van der Waals surface area contributed by atoms with Crippen molar-refractivity contribution in [3.63, 3.8) is 0 Å². The van der Waals surface area contributed by atoms with Gasteiger partial charge in [-0.1, -0.05) is 0 Å². The van der Waals surface area contributed by atoms with Gasteiger partial charge < -0.3 is 19.6 Å². The van der Waals surface area contributed by atoms with Crippen molar-refractivity contribution in [3.8, 4) is 0 Å². The van der Waals surface area contributed by atoms with E-state index in [9.17, 15) is 28.7 Å². The van der Waals surface area contributed by atoms with Crippen molar-refractivity contribution in [3.05, 3.63) is 44.5 Å². The van der Waals surface area contributed by atoms with Crippen LogP contribution in [0.1, 0.15) is 44.5 Å². The molecular weight excluding hydrogens is 422 g/mol. The zero-order valence-corrected chi connectivity index (χ0v) is 20.3. The van der Waals surface area contributed by atoms with E-state index < -0.39 is 15.2 Å². The van der Waals surface area contributed by atoms with Gasteiger partial charge in [-0.2, -0.15) is 0 Å². The third-order valence-corrected chi connectivity index (χ3v) is 9.14. The van der Waals surface area contributed by atoms with Gasteiger partial charge in [0.2, 0.25) is 0 Å². The van der Waals surface area contributed by atoms with E-state index in [2.05, 4.69) is 0 Å². The van der Waals surface area contributed by atoms with Crippen LogP contribution in [-0.4, -0.2) is 19.6 Å². The summed E-state index contributed by atoms with van der Waals surface area (Å²) >= 11 is 0. The maximum absolute atomic E-state index is 12.3. The van der Waals surface area contributed by atoms with Crippen molar-refractivity contribution >= 4 is 47.3 Å². The SMILES string of the molecule is Cc1c(P(=O)(O)O)c(C)c2c(C)c3c(C)c(C)c(P(=O)(O)O)c(C)c3c(C)c2c1C. The van der Waals surface area contributed by atoms with E-state index in [1.165, 1.54) is 0 Å². The van der Waals surface area contributed by atoms with Gasteiger partial charge in [0.1, 0.15) is 0 Å². The van der Waals surface area contributed by atoms with Crippen LogP contribution in [0.15, 0.2) is 0 Å². The van der Waals surface area contributed by atoms with Crippen LogP contribution in [0.2, 0.25) is 0 Å². The molecule has 4 N–H and O–H groups in total. The average molecular weight is 450 g/mol. The molecule has 0 saturated carbocycles. The minimum atomic E-state index is -4.48. The maximum atomic E-state index is 12.3. The molecule has 0 aliphatic rings. The molecule has 0 bridgehead atoms. The van der Waals surface area contributed by atoms with Crippen LogP contribution in [-0.2, 0) is 9.13 Å². The summed E-state index contributed by atoms with van der Waals surface area (Å²) in [4.78, 5) is 40.0. The van der Waals surface area contributed by atoms with E-state index in [0.29, 0.717) is 22.3 Å². The summed E-state index contributed by atoms with van der Waals surface area (Å²) in [6.07, 6.45) is 0. The highest BCUT2D eigenvalue weighted by Crippen LogP contribution is 2.46. The Bertz CT molecular complexity index is 1250. The lowest BCUT2D eigenvalue weighted by atomic mass is 9.83. The minimum absolute atomic E-state index is 0.0623. The standard InChI is InChI=1S/C22H28O6P2/c1-9-11(3)21(29(23,24)25)15(7)19-14(6)18-10(2)12(4)22(30(26,27)28)16(8)20(18)13(5)17(9)19/h1-8H3,(H2,23,24,25)(H2,26,27,28). The first-order valence-corrected chi connectivity index (χ1v) is 12.8. The molecule has 0 fully saturated rings. The number of hydrogen-bond acceptors (Lipinski definition) is 2. The molecule has 0 amide bonds. The van der Waals surface area contributed by atoms with Gasteiger partial charge in [0.05, 0.1) is 10.6 Å². The fourth-order valence-corrected chi connectivity index (χ4v) is 7.59. The molecule has 3 aromatic rings. The summed E-state index contributed by atoms with van der Waals surface area (Å²) in [7, 11) is -8.97. The Morgan fingerprint density at radius 2 is 0.633 bits per heavy atom. The van der Waals surface area contributed by atoms with Crippen LogP contribution in [0.25, 0.3) is 21.5 Å². The molecule has 0 heterocycles. The lowest BCUT2D eigenvalue weighted by molar-refractivity contribution is 0.385. The molecule has 30 heavy (non-hydrogen) atoms. The first-order chi connectivity index (χ1) is 13.5. The summed E-state index contributed by atoms with van der Waals surface area (Å²) < 4.78 is 24.5. The predicted molar refractivity (Wildman–Crippen MR) is 123 cm³/mol. The second-order valence-electron chi connectivity index (χ2n) is 8.29. The topological polar surface area (TPSA) is 115 Å². The fourth-order valence-electron chi connectivity index (χ4n) is 5.28. The molecule has 0 saturated heterocycles. The normalized spacial score (nSPS) is 12.9. The first kappa shape index (κ1) is 23.1. The Labute approximate surface area is 176 Å². The van der Waals surface area contributed by atoms with Gasteiger partial charge in [-0.3, -0.25) is 9.13 Å². The Balaban J connectivity index is 2.80. The fraction of sp³-hybridized carbons (Fsp3) is 0.364. The van der Waals surface area contributed by atoms with Crippen LogP contribution in [0.3, 0.4) is 0 Å². The number of aryl methyl sites for hydroxylation is 6. The van der Waals surface area contributed by atoms with Gasteiger partial charge in [0.25, 0.3) is 0 Å². The van der Waals surface area contributed by atoms with Gasteiger partial charge in [0, 0.05) is 0 Å². The average Bonchev–Trinajstić information content (AvgIpc) is 2.56. The molecule has 3 rings (SSSR count). The van der Waals surface area contributed by atoms with E-state index in [1.807, 2.05) is 27.7 Å². The van der Waals surface area contributed by atoms with Gasteiger partial charge >= 0.3 is 15.2 Å². The summed E-state index contributed by atoms with van der Waals surface area (Å²) in [6.45, 7) is 14.4. The molecule has 3 aromatic carbocycles. The molecular formula is C22H28O6P2. The van der Waals surface area contributed by atoms with Crippen molar-refractivity contribution in [2.45, 2.75) is 55.4 Å². The summed E-state index contributed by atoms with van der Waals surface area (Å²) in [6, 6.07) is 0. The minimum Gasteiger partial charge on any atom is -0.321 e. The Morgan fingerprint density at radius 1 is 0.400 bits per heavy atom. The van der Waals surface area contributed by atoms with Crippen LogP contribution in [0.4, 0.5) is 0 Å². The van der Waals surface area contributed by atoms with Gasteiger partial charge in [-0.05, 0) is 121 Å². The van der Waals surface area contributed by atoms with Crippen molar-refractivity contribution in [2.75, 3.05) is 0 Å². The molecule has 0 aliphatic heterocycles. The van der Waals surface area contributed by atoms with Crippen molar-refractivity contribution < 1.29 is 28.7 Å². The molecule has 0 unspecified atom stereocenters. The van der Waals surface area contributed by atoms with E-state index in [0.717, 1.165) is 43.8 Å². The van der Waals surface area contributed by atoms with Crippen LogP contribution in [0, 0.1) is 55.4 Å². The Morgan fingerprint density at radius 3 is 0.867 bits per heavy atom. The van der Waals surface area contributed by atoms with Gasteiger partial charge in [0.15, 0.2) is 0 Å². The molecule has 0 spiro atoms. The van der Waals surface area contributed by atoms with Crippen molar-refractivity contribution in [2.24, 2.45) is 0 Å². The second kappa shape index (κ2) is 7.00. The number of fused-ring (bicyclic) bond motifs is 2. The molecule has 8 heteroatoms. The predicted octanol–water partition coefficient (Wildman–Crippen LogP) is 4.07. The molecule has 162 valence electrons. The molecule has 0 radical (unpaired) electrons. The Hall–Kier alpha value is -1.52. The van der Waals surface area contributed by atoms with E-state index >= 15 is 0 Å². The highest BCUT2D eigenvalue weighted by molar-refractivity contribution is 7.60. The summed E-state index contributed by atoms with van der Waals surface area (Å²) in [5.74, 6) is 0. The van der Waals surface area contributed by atoms with Gasteiger partial charge in [-0.15, -0.1) is 0 Å². The molecule has 0 atom stereocenters. The lowest BCUT2D eigenvalue weighted by Crippen LogP contribution is -2.18. The van der Waals surface area contributed by atoms with Crippen LogP contribution in [0.5, 0.6) is 0 Å². The Kier molecular flexibility index (Phi) is 5.40.